The van der Waals surface area contributed by atoms with Crippen LogP contribution in [0.5, 0.6) is 0 Å². The molecule has 9 aromatic carbocycles. The van der Waals surface area contributed by atoms with Crippen molar-refractivity contribution in [3.8, 4) is 72.7 Å². The first-order valence-electron chi connectivity index (χ1n) is 21.1. The summed E-state index contributed by atoms with van der Waals surface area (Å²) in [7, 11) is 0. The zero-order valence-electron chi connectivity index (χ0n) is 33.7. The van der Waals surface area contributed by atoms with Gasteiger partial charge in [-0.1, -0.05) is 170 Å². The van der Waals surface area contributed by atoms with E-state index < -0.39 is 0 Å². The second-order valence-corrected chi connectivity index (χ2v) is 17.0. The highest BCUT2D eigenvalue weighted by Crippen LogP contribution is 2.43. The van der Waals surface area contributed by atoms with E-state index in [2.05, 4.69) is 229 Å². The van der Waals surface area contributed by atoms with E-state index in [0.717, 1.165) is 33.8 Å². The predicted molar refractivity (Wildman–Crippen MR) is 264 cm³/mol. The van der Waals surface area contributed by atoms with Crippen LogP contribution in [0.2, 0.25) is 0 Å². The third-order valence-corrected chi connectivity index (χ3v) is 13.4. The minimum atomic E-state index is 0.948. The highest BCUT2D eigenvalue weighted by Gasteiger charge is 2.18. The van der Waals surface area contributed by atoms with Crippen LogP contribution < -0.4 is 0 Å². The first kappa shape index (κ1) is 36.0. The van der Waals surface area contributed by atoms with Crippen LogP contribution in [0.15, 0.2) is 231 Å². The lowest BCUT2D eigenvalue weighted by Crippen LogP contribution is -1.95. The Kier molecular flexibility index (Phi) is 8.72. The summed E-state index contributed by atoms with van der Waals surface area (Å²) in [5.41, 5.74) is 17.2. The van der Waals surface area contributed by atoms with Crippen molar-refractivity contribution in [1.82, 2.24) is 9.55 Å². The van der Waals surface area contributed by atoms with Crippen molar-refractivity contribution in [3.05, 3.63) is 231 Å². The van der Waals surface area contributed by atoms with Crippen LogP contribution in [-0.2, 0) is 0 Å². The highest BCUT2D eigenvalue weighted by molar-refractivity contribution is 7.25. The Morgan fingerprint density at radius 1 is 0.290 bits per heavy atom. The quantitative estimate of drug-likeness (QED) is 0.157. The maximum atomic E-state index is 5.20. The second-order valence-electron chi connectivity index (χ2n) is 15.9. The van der Waals surface area contributed by atoms with Gasteiger partial charge in [-0.25, -0.2) is 4.98 Å². The number of hydrogen-bond acceptors (Lipinski definition) is 2. The van der Waals surface area contributed by atoms with Crippen molar-refractivity contribution in [2.45, 2.75) is 0 Å². The molecule has 0 aliphatic rings. The lowest BCUT2D eigenvalue weighted by atomic mass is 9.89. The van der Waals surface area contributed by atoms with Gasteiger partial charge in [-0.3, -0.25) is 0 Å². The Labute approximate surface area is 364 Å². The number of aromatic nitrogens is 2. The van der Waals surface area contributed by atoms with E-state index in [9.17, 15) is 0 Å². The molecule has 0 saturated carbocycles. The van der Waals surface area contributed by atoms with Gasteiger partial charge in [-0.05, 0) is 105 Å². The van der Waals surface area contributed by atoms with Gasteiger partial charge in [0.2, 0.25) is 0 Å². The molecule has 62 heavy (non-hydrogen) atoms. The summed E-state index contributed by atoms with van der Waals surface area (Å²) < 4.78 is 5.04. The molecule has 0 aliphatic carbocycles. The fraction of sp³-hybridized carbons (Fsp3) is 0. The molecule has 12 rings (SSSR count). The fourth-order valence-corrected chi connectivity index (χ4v) is 10.4. The molecule has 12 aromatic rings. The number of benzene rings is 9. The Bertz CT molecular complexity index is 3560. The lowest BCUT2D eigenvalue weighted by Gasteiger charge is -2.15. The van der Waals surface area contributed by atoms with Crippen LogP contribution >= 0.6 is 11.3 Å². The summed E-state index contributed by atoms with van der Waals surface area (Å²) in [5.74, 6) is 0. The molecule has 0 amide bonds. The third kappa shape index (κ3) is 6.22. The van der Waals surface area contributed by atoms with Gasteiger partial charge in [-0.15, -0.1) is 11.3 Å². The molecular formula is C59H38N2S. The Morgan fingerprint density at radius 3 is 1.47 bits per heavy atom. The smallest absolute Gasteiger partial charge is 0.0715 e. The molecule has 0 saturated heterocycles. The molecule has 0 aliphatic heterocycles. The topological polar surface area (TPSA) is 17.8 Å². The van der Waals surface area contributed by atoms with Crippen molar-refractivity contribution in [2.75, 3.05) is 0 Å². The Balaban J connectivity index is 0.944. The highest BCUT2D eigenvalue weighted by atomic mass is 32.1. The number of para-hydroxylation sites is 1. The van der Waals surface area contributed by atoms with Gasteiger partial charge in [0.05, 0.1) is 22.4 Å². The number of fused-ring (bicyclic) bond motifs is 6. The van der Waals surface area contributed by atoms with E-state index in [0.29, 0.717) is 0 Å². The molecule has 0 N–H and O–H groups in total. The molecule has 290 valence electrons. The van der Waals surface area contributed by atoms with Gasteiger partial charge < -0.3 is 4.57 Å². The van der Waals surface area contributed by atoms with Gasteiger partial charge in [0.25, 0.3) is 0 Å². The SMILES string of the molecule is c1ccc(-c2cc(-c3ccccc3)nc(-c3ccc(-n4c5ccccc5c5cc(-c6ccccc6-c6ccccc6-c6ccc7sc8ccccc8c7c6)ccc54)cc3)c2)cc1. The average Bonchev–Trinajstić information content (AvgIpc) is 3.89. The summed E-state index contributed by atoms with van der Waals surface area (Å²) in [6.07, 6.45) is 0. The fourth-order valence-electron chi connectivity index (χ4n) is 9.27. The maximum Gasteiger partial charge on any atom is 0.0715 e. The van der Waals surface area contributed by atoms with Crippen molar-refractivity contribution >= 4 is 53.3 Å². The minimum absolute atomic E-state index is 0.948. The summed E-state index contributed by atoms with van der Waals surface area (Å²) in [6, 6.07) is 83.5. The van der Waals surface area contributed by atoms with E-state index in [1.807, 2.05) is 17.4 Å². The van der Waals surface area contributed by atoms with Crippen molar-refractivity contribution in [1.29, 1.82) is 0 Å². The van der Waals surface area contributed by atoms with E-state index in [-0.39, 0.29) is 0 Å². The zero-order valence-corrected chi connectivity index (χ0v) is 34.6. The summed E-state index contributed by atoms with van der Waals surface area (Å²) in [6.45, 7) is 0. The molecule has 3 heteroatoms. The Morgan fingerprint density at radius 2 is 0.774 bits per heavy atom. The molecule has 0 bridgehead atoms. The van der Waals surface area contributed by atoms with Crippen molar-refractivity contribution in [2.24, 2.45) is 0 Å². The monoisotopic (exact) mass is 806 g/mol. The minimum Gasteiger partial charge on any atom is -0.309 e. The van der Waals surface area contributed by atoms with Gasteiger partial charge in [-0.2, -0.15) is 0 Å². The largest absolute Gasteiger partial charge is 0.309 e. The van der Waals surface area contributed by atoms with E-state index >= 15 is 0 Å². The van der Waals surface area contributed by atoms with E-state index in [1.165, 1.54) is 80.9 Å². The number of nitrogens with zero attached hydrogens (tertiary/aromatic N) is 2. The van der Waals surface area contributed by atoms with E-state index in [4.69, 9.17) is 4.98 Å². The maximum absolute atomic E-state index is 5.20. The normalized spacial score (nSPS) is 11.5. The van der Waals surface area contributed by atoms with Crippen molar-refractivity contribution < 1.29 is 0 Å². The average molecular weight is 807 g/mol. The van der Waals surface area contributed by atoms with Gasteiger partial charge in [0.1, 0.15) is 0 Å². The molecule has 0 fully saturated rings. The lowest BCUT2D eigenvalue weighted by molar-refractivity contribution is 1.18. The predicted octanol–water partition coefficient (Wildman–Crippen LogP) is 16.5. The van der Waals surface area contributed by atoms with Crippen LogP contribution in [-0.4, -0.2) is 9.55 Å². The van der Waals surface area contributed by atoms with Crippen LogP contribution in [0.4, 0.5) is 0 Å². The van der Waals surface area contributed by atoms with Gasteiger partial charge in [0, 0.05) is 47.8 Å². The molecule has 0 radical (unpaired) electrons. The zero-order chi connectivity index (χ0) is 41.0. The van der Waals surface area contributed by atoms with E-state index in [1.54, 1.807) is 0 Å². The first-order valence-corrected chi connectivity index (χ1v) is 21.9. The third-order valence-electron chi connectivity index (χ3n) is 12.2. The van der Waals surface area contributed by atoms with Crippen LogP contribution in [0.25, 0.3) is 115 Å². The first-order chi connectivity index (χ1) is 30.7. The molecule has 0 atom stereocenters. The van der Waals surface area contributed by atoms with Crippen LogP contribution in [0.3, 0.4) is 0 Å². The number of hydrogen-bond donors (Lipinski definition) is 0. The second kappa shape index (κ2) is 15.0. The Hall–Kier alpha value is -7.85. The number of thiophene rings is 1. The molecule has 3 aromatic heterocycles. The van der Waals surface area contributed by atoms with Crippen LogP contribution in [0.1, 0.15) is 0 Å². The standard InChI is InChI=1S/C59H38N2S/c1-3-15-39(16-4-1)44-37-54(40-17-5-2-6-18-40)60-55(38-44)41-27-31-45(32-28-41)61-56-25-13-11-23-50(56)52-35-42(29-33-57(52)61)46-19-7-9-21-48(46)49-22-10-8-20-47(49)43-30-34-59-53(36-43)51-24-12-14-26-58(51)62-59/h1-38H. The summed E-state index contributed by atoms with van der Waals surface area (Å²) in [4.78, 5) is 5.20. The molecule has 0 unspecified atom stereocenters. The van der Waals surface area contributed by atoms with Crippen molar-refractivity contribution in [3.63, 3.8) is 0 Å². The molecule has 0 spiro atoms. The molecule has 3 heterocycles. The molecule has 2 nitrogen and oxygen atoms in total. The number of pyridine rings is 1. The van der Waals surface area contributed by atoms with Crippen LogP contribution in [0, 0.1) is 0 Å². The summed E-state index contributed by atoms with van der Waals surface area (Å²) >= 11 is 1.86. The van der Waals surface area contributed by atoms with Gasteiger partial charge in [0.15, 0.2) is 0 Å². The van der Waals surface area contributed by atoms with Gasteiger partial charge >= 0.3 is 0 Å². The molecular weight excluding hydrogens is 769 g/mol. The summed E-state index contributed by atoms with van der Waals surface area (Å²) in [5, 5.41) is 5.09. The number of rotatable bonds is 7.